The highest BCUT2D eigenvalue weighted by Gasteiger charge is 2.26. The molecule has 20 heavy (non-hydrogen) atoms. The molecule has 0 aliphatic carbocycles. The van der Waals surface area contributed by atoms with Crippen molar-refractivity contribution in [3.63, 3.8) is 0 Å². The maximum Gasteiger partial charge on any atom is 0.291 e. The Morgan fingerprint density at radius 3 is 2.55 bits per heavy atom. The van der Waals surface area contributed by atoms with Crippen LogP contribution in [-0.4, -0.2) is 32.9 Å². The zero-order chi connectivity index (χ0) is 15.3. The Labute approximate surface area is 114 Å². The second-order valence-electron chi connectivity index (χ2n) is 3.71. The Kier molecular flexibility index (Phi) is 5.34. The van der Waals surface area contributed by atoms with E-state index in [1.807, 2.05) is 0 Å². The van der Waals surface area contributed by atoms with Gasteiger partial charge in [0.2, 0.25) is 10.0 Å². The number of hydrogen-bond donors (Lipinski definition) is 2. The molecule has 0 bridgehead atoms. The Bertz CT molecular complexity index is 592. The van der Waals surface area contributed by atoms with E-state index in [9.17, 15) is 27.3 Å². The first-order valence-corrected chi connectivity index (χ1v) is 7.06. The standard InChI is InChI=1S/C10H13F2N3O4S/c1-2-13-7-3-4-9(8(5-7)15(16)17)20(18,19)14-6-10(11)12/h3-5,10,13-14H,2,6H2,1H3. The van der Waals surface area contributed by atoms with Gasteiger partial charge < -0.3 is 5.32 Å². The Morgan fingerprint density at radius 1 is 1.40 bits per heavy atom. The first-order chi connectivity index (χ1) is 9.27. The van der Waals surface area contributed by atoms with Crippen molar-refractivity contribution in [2.24, 2.45) is 0 Å². The van der Waals surface area contributed by atoms with E-state index in [1.165, 1.54) is 6.07 Å². The van der Waals surface area contributed by atoms with Gasteiger partial charge in [-0.2, -0.15) is 0 Å². The molecule has 0 aliphatic rings. The summed E-state index contributed by atoms with van der Waals surface area (Å²) in [5.74, 6) is 0. The lowest BCUT2D eigenvalue weighted by Gasteiger charge is -2.09. The second kappa shape index (κ2) is 6.57. The third kappa shape index (κ3) is 4.10. The van der Waals surface area contributed by atoms with Crippen molar-refractivity contribution in [3.05, 3.63) is 28.3 Å². The Hall–Kier alpha value is -1.81. The number of halogens is 2. The summed E-state index contributed by atoms with van der Waals surface area (Å²) in [6, 6.07) is 3.37. The van der Waals surface area contributed by atoms with E-state index in [1.54, 1.807) is 11.6 Å². The fraction of sp³-hybridized carbons (Fsp3) is 0.400. The van der Waals surface area contributed by atoms with Crippen molar-refractivity contribution in [3.8, 4) is 0 Å². The van der Waals surface area contributed by atoms with Crippen LogP contribution in [0.1, 0.15) is 6.92 Å². The van der Waals surface area contributed by atoms with Crippen molar-refractivity contribution in [2.75, 3.05) is 18.4 Å². The monoisotopic (exact) mass is 309 g/mol. The number of alkyl halides is 2. The summed E-state index contributed by atoms with van der Waals surface area (Å²) in [7, 11) is -4.36. The maximum atomic E-state index is 12.0. The molecule has 0 heterocycles. The fourth-order valence-corrected chi connectivity index (χ4v) is 2.61. The number of nitro benzene ring substituents is 1. The van der Waals surface area contributed by atoms with E-state index in [0.29, 0.717) is 12.2 Å². The molecule has 0 unspecified atom stereocenters. The molecule has 0 saturated heterocycles. The number of nitro groups is 1. The van der Waals surface area contributed by atoms with Crippen LogP contribution in [0, 0.1) is 10.1 Å². The number of nitrogens with zero attached hydrogens (tertiary/aromatic N) is 1. The van der Waals surface area contributed by atoms with Crippen LogP contribution in [0.25, 0.3) is 0 Å². The Morgan fingerprint density at radius 2 is 2.05 bits per heavy atom. The molecule has 10 heteroatoms. The van der Waals surface area contributed by atoms with Gasteiger partial charge in [-0.15, -0.1) is 0 Å². The SMILES string of the molecule is CCNc1ccc(S(=O)(=O)NCC(F)F)c([N+](=O)[O-])c1. The average Bonchev–Trinajstić information content (AvgIpc) is 2.36. The summed E-state index contributed by atoms with van der Waals surface area (Å²) >= 11 is 0. The predicted molar refractivity (Wildman–Crippen MR) is 68.5 cm³/mol. The van der Waals surface area contributed by atoms with Gasteiger partial charge in [-0.1, -0.05) is 0 Å². The van der Waals surface area contributed by atoms with Crippen LogP contribution in [0.2, 0.25) is 0 Å². The summed E-state index contributed by atoms with van der Waals surface area (Å²) in [6.45, 7) is 1.15. The summed E-state index contributed by atoms with van der Waals surface area (Å²) in [4.78, 5) is 9.37. The van der Waals surface area contributed by atoms with Crippen LogP contribution in [0.15, 0.2) is 23.1 Å². The molecule has 112 valence electrons. The van der Waals surface area contributed by atoms with Crippen LogP contribution >= 0.6 is 0 Å². The third-order valence-electron chi connectivity index (χ3n) is 2.25. The number of nitrogens with one attached hydrogen (secondary N) is 2. The summed E-state index contributed by atoms with van der Waals surface area (Å²) < 4.78 is 49.2. The zero-order valence-electron chi connectivity index (χ0n) is 10.5. The normalized spacial score (nSPS) is 11.6. The number of anilines is 1. The van der Waals surface area contributed by atoms with Crippen molar-refractivity contribution in [2.45, 2.75) is 18.2 Å². The Balaban J connectivity index is 3.19. The van der Waals surface area contributed by atoms with Gasteiger partial charge in [0.25, 0.3) is 12.1 Å². The van der Waals surface area contributed by atoms with Crippen LogP contribution < -0.4 is 10.0 Å². The lowest BCUT2D eigenvalue weighted by molar-refractivity contribution is -0.387. The van der Waals surface area contributed by atoms with Crippen molar-refractivity contribution in [1.82, 2.24) is 4.72 Å². The predicted octanol–water partition coefficient (Wildman–Crippen LogP) is 1.57. The molecule has 0 aromatic heterocycles. The molecule has 0 fully saturated rings. The van der Waals surface area contributed by atoms with E-state index >= 15 is 0 Å². The molecule has 1 rings (SSSR count). The lowest BCUT2D eigenvalue weighted by Crippen LogP contribution is -2.29. The number of rotatable bonds is 7. The van der Waals surface area contributed by atoms with E-state index in [4.69, 9.17) is 0 Å². The highest BCUT2D eigenvalue weighted by molar-refractivity contribution is 7.89. The summed E-state index contributed by atoms with van der Waals surface area (Å²) in [6.07, 6.45) is -2.88. The third-order valence-corrected chi connectivity index (χ3v) is 3.72. The van der Waals surface area contributed by atoms with E-state index < -0.39 is 38.5 Å². The molecular formula is C10H13F2N3O4S. The minimum absolute atomic E-state index is 0.368. The van der Waals surface area contributed by atoms with Gasteiger partial charge in [0.15, 0.2) is 4.90 Å². The van der Waals surface area contributed by atoms with E-state index in [2.05, 4.69) is 5.32 Å². The molecule has 7 nitrogen and oxygen atoms in total. The van der Waals surface area contributed by atoms with Gasteiger partial charge in [-0.05, 0) is 19.1 Å². The van der Waals surface area contributed by atoms with E-state index in [-0.39, 0.29) is 0 Å². The molecule has 0 amide bonds. The van der Waals surface area contributed by atoms with E-state index in [0.717, 1.165) is 12.1 Å². The lowest BCUT2D eigenvalue weighted by atomic mass is 10.3. The summed E-state index contributed by atoms with van der Waals surface area (Å²) in [5.41, 5.74) is -0.308. The summed E-state index contributed by atoms with van der Waals surface area (Å²) in [5, 5.41) is 13.7. The minimum atomic E-state index is -4.36. The fourth-order valence-electron chi connectivity index (χ4n) is 1.45. The highest BCUT2D eigenvalue weighted by atomic mass is 32.2. The number of benzene rings is 1. The van der Waals surface area contributed by atoms with Gasteiger partial charge in [-0.3, -0.25) is 10.1 Å². The van der Waals surface area contributed by atoms with Gasteiger partial charge in [0, 0.05) is 18.3 Å². The van der Waals surface area contributed by atoms with Crippen molar-refractivity contribution >= 4 is 21.4 Å². The van der Waals surface area contributed by atoms with Crippen LogP contribution in [0.3, 0.4) is 0 Å². The molecule has 0 spiro atoms. The average molecular weight is 309 g/mol. The molecular weight excluding hydrogens is 296 g/mol. The molecule has 0 radical (unpaired) electrons. The maximum absolute atomic E-state index is 12.0. The topological polar surface area (TPSA) is 101 Å². The molecule has 1 aromatic carbocycles. The van der Waals surface area contributed by atoms with Gasteiger partial charge in [-0.25, -0.2) is 21.9 Å². The van der Waals surface area contributed by atoms with Crippen LogP contribution in [0.5, 0.6) is 0 Å². The van der Waals surface area contributed by atoms with Crippen molar-refractivity contribution < 1.29 is 22.1 Å². The first kappa shape index (κ1) is 16.2. The molecule has 1 aromatic rings. The molecule has 0 aliphatic heterocycles. The quantitative estimate of drug-likeness (QED) is 0.588. The van der Waals surface area contributed by atoms with Gasteiger partial charge >= 0.3 is 0 Å². The van der Waals surface area contributed by atoms with Gasteiger partial charge in [0.05, 0.1) is 11.5 Å². The number of sulfonamides is 1. The molecule has 2 N–H and O–H groups in total. The van der Waals surface area contributed by atoms with Crippen LogP contribution in [0.4, 0.5) is 20.2 Å². The largest absolute Gasteiger partial charge is 0.385 e. The van der Waals surface area contributed by atoms with Gasteiger partial charge in [0.1, 0.15) is 0 Å². The minimum Gasteiger partial charge on any atom is -0.385 e. The molecule has 0 saturated carbocycles. The second-order valence-corrected chi connectivity index (χ2v) is 5.45. The zero-order valence-corrected chi connectivity index (χ0v) is 11.3. The molecule has 0 atom stereocenters. The van der Waals surface area contributed by atoms with Crippen molar-refractivity contribution in [1.29, 1.82) is 0 Å². The highest BCUT2D eigenvalue weighted by Crippen LogP contribution is 2.27. The smallest absolute Gasteiger partial charge is 0.291 e. The first-order valence-electron chi connectivity index (χ1n) is 5.58. The number of hydrogen-bond acceptors (Lipinski definition) is 5. The van der Waals surface area contributed by atoms with Crippen LogP contribution in [-0.2, 0) is 10.0 Å².